The predicted molar refractivity (Wildman–Crippen MR) is 81.3 cm³/mol. The summed E-state index contributed by atoms with van der Waals surface area (Å²) in [7, 11) is 2.06. The molecule has 0 bridgehead atoms. The van der Waals surface area contributed by atoms with Crippen LogP contribution in [0.1, 0.15) is 12.8 Å². The summed E-state index contributed by atoms with van der Waals surface area (Å²) >= 11 is 1.71. The highest BCUT2D eigenvalue weighted by Crippen LogP contribution is 2.31. The van der Waals surface area contributed by atoms with Crippen LogP contribution >= 0.6 is 11.3 Å². The summed E-state index contributed by atoms with van der Waals surface area (Å²) < 4.78 is 3.36. The van der Waals surface area contributed by atoms with E-state index in [1.807, 2.05) is 12.3 Å². The average Bonchev–Trinajstić information content (AvgIpc) is 3.04. The van der Waals surface area contributed by atoms with Crippen molar-refractivity contribution in [3.63, 3.8) is 0 Å². The number of anilines is 1. The third-order valence-electron chi connectivity index (χ3n) is 4.03. The van der Waals surface area contributed by atoms with Crippen molar-refractivity contribution < 1.29 is 5.11 Å². The summed E-state index contributed by atoms with van der Waals surface area (Å²) in [4.78, 5) is 11.5. The summed E-state index contributed by atoms with van der Waals surface area (Å²) in [5.74, 6) is 0.981. The van der Waals surface area contributed by atoms with Gasteiger partial charge in [-0.05, 0) is 24.3 Å². The lowest BCUT2D eigenvalue weighted by Gasteiger charge is -2.30. The first-order chi connectivity index (χ1) is 9.74. The van der Waals surface area contributed by atoms with E-state index in [-0.39, 0.29) is 6.10 Å². The highest BCUT2D eigenvalue weighted by molar-refractivity contribution is 7.18. The van der Waals surface area contributed by atoms with E-state index in [2.05, 4.69) is 26.9 Å². The first-order valence-electron chi connectivity index (χ1n) is 6.85. The van der Waals surface area contributed by atoms with Crippen LogP contribution in [-0.4, -0.2) is 38.8 Å². The van der Waals surface area contributed by atoms with Crippen LogP contribution < -0.4 is 4.90 Å². The highest BCUT2D eigenvalue weighted by Gasteiger charge is 2.22. The van der Waals surface area contributed by atoms with E-state index in [0.29, 0.717) is 0 Å². The molecular formula is C14H16N4OS. The van der Waals surface area contributed by atoms with E-state index in [4.69, 9.17) is 4.98 Å². The van der Waals surface area contributed by atoms with Crippen molar-refractivity contribution in [1.29, 1.82) is 0 Å². The molecule has 0 amide bonds. The minimum atomic E-state index is -0.161. The lowest BCUT2D eigenvalue weighted by atomic mass is 10.1. The number of aryl methyl sites for hydroxylation is 1. The number of piperidine rings is 1. The zero-order chi connectivity index (χ0) is 13.7. The fourth-order valence-corrected chi connectivity index (χ4v) is 3.85. The number of aliphatic hydroxyl groups is 1. The normalized spacial score (nSPS) is 17.4. The molecule has 0 saturated carbocycles. The van der Waals surface area contributed by atoms with Gasteiger partial charge in [-0.3, -0.25) is 4.98 Å². The molecule has 3 aromatic heterocycles. The standard InChI is InChI=1S/C14H16N4OS/c1-17-12-11(8-15-10-4-7-20-13(10)12)16-14(17)18-5-2-9(19)3-6-18/h4,7-9,19H,2-3,5-6H2,1H3. The van der Waals surface area contributed by atoms with E-state index in [1.165, 1.54) is 4.70 Å². The molecule has 1 aliphatic rings. The minimum absolute atomic E-state index is 0.161. The van der Waals surface area contributed by atoms with Crippen molar-refractivity contribution in [2.75, 3.05) is 18.0 Å². The SMILES string of the molecule is Cn1c(N2CCC(O)CC2)nc2cnc3ccsc3c21. The molecule has 1 fully saturated rings. The molecule has 4 heterocycles. The van der Waals surface area contributed by atoms with Crippen molar-refractivity contribution in [3.05, 3.63) is 17.6 Å². The smallest absolute Gasteiger partial charge is 0.206 e. The Morgan fingerprint density at radius 1 is 1.30 bits per heavy atom. The summed E-state index contributed by atoms with van der Waals surface area (Å²) in [6.07, 6.45) is 3.32. The number of aliphatic hydroxyl groups excluding tert-OH is 1. The largest absolute Gasteiger partial charge is 0.393 e. The molecule has 3 aromatic rings. The summed E-state index contributed by atoms with van der Waals surface area (Å²) in [5.41, 5.74) is 3.14. The molecule has 0 aromatic carbocycles. The Hall–Kier alpha value is -1.66. The maximum absolute atomic E-state index is 9.63. The van der Waals surface area contributed by atoms with E-state index in [1.54, 1.807) is 11.3 Å². The molecule has 104 valence electrons. The topological polar surface area (TPSA) is 54.2 Å². The van der Waals surface area contributed by atoms with Gasteiger partial charge < -0.3 is 14.6 Å². The van der Waals surface area contributed by atoms with Gasteiger partial charge in [0.15, 0.2) is 0 Å². The molecule has 0 spiro atoms. The third kappa shape index (κ3) is 1.72. The van der Waals surface area contributed by atoms with Crippen molar-refractivity contribution in [1.82, 2.24) is 14.5 Å². The van der Waals surface area contributed by atoms with Gasteiger partial charge in [0.1, 0.15) is 5.52 Å². The van der Waals surface area contributed by atoms with Crippen LogP contribution in [0.2, 0.25) is 0 Å². The average molecular weight is 288 g/mol. The number of pyridine rings is 1. The molecule has 0 atom stereocenters. The van der Waals surface area contributed by atoms with Crippen LogP contribution in [0, 0.1) is 0 Å². The molecular weight excluding hydrogens is 272 g/mol. The molecule has 0 radical (unpaired) electrons. The number of aromatic nitrogens is 3. The minimum Gasteiger partial charge on any atom is -0.393 e. The Bertz CT molecular complexity index is 770. The quantitative estimate of drug-likeness (QED) is 0.745. The lowest BCUT2D eigenvalue weighted by Crippen LogP contribution is -2.37. The second-order valence-electron chi connectivity index (χ2n) is 5.32. The molecule has 1 saturated heterocycles. The van der Waals surface area contributed by atoms with Gasteiger partial charge in [-0.1, -0.05) is 0 Å². The Kier molecular flexibility index (Phi) is 2.68. The molecule has 0 aliphatic carbocycles. The maximum Gasteiger partial charge on any atom is 0.206 e. The van der Waals surface area contributed by atoms with E-state index in [0.717, 1.165) is 48.4 Å². The molecule has 5 nitrogen and oxygen atoms in total. The van der Waals surface area contributed by atoms with E-state index < -0.39 is 0 Å². The maximum atomic E-state index is 9.63. The molecule has 20 heavy (non-hydrogen) atoms. The Morgan fingerprint density at radius 3 is 2.90 bits per heavy atom. The summed E-state index contributed by atoms with van der Waals surface area (Å²) in [6, 6.07) is 2.05. The summed E-state index contributed by atoms with van der Waals surface area (Å²) in [6.45, 7) is 1.72. The Labute approximate surface area is 120 Å². The molecule has 0 unspecified atom stereocenters. The fraction of sp³-hybridized carbons (Fsp3) is 0.429. The van der Waals surface area contributed by atoms with Crippen LogP contribution in [0.25, 0.3) is 21.3 Å². The van der Waals surface area contributed by atoms with Crippen molar-refractivity contribution in [2.45, 2.75) is 18.9 Å². The van der Waals surface area contributed by atoms with Crippen LogP contribution in [0.3, 0.4) is 0 Å². The van der Waals surface area contributed by atoms with Gasteiger partial charge in [0.25, 0.3) is 0 Å². The van der Waals surface area contributed by atoms with Gasteiger partial charge in [-0.15, -0.1) is 11.3 Å². The number of hydrogen-bond acceptors (Lipinski definition) is 5. The van der Waals surface area contributed by atoms with Crippen LogP contribution in [-0.2, 0) is 7.05 Å². The molecule has 1 aliphatic heterocycles. The van der Waals surface area contributed by atoms with Gasteiger partial charge in [0.05, 0.1) is 28.0 Å². The predicted octanol–water partition coefficient (Wildman–Crippen LogP) is 2.14. The van der Waals surface area contributed by atoms with Gasteiger partial charge >= 0.3 is 0 Å². The second kappa shape index (κ2) is 4.43. The lowest BCUT2D eigenvalue weighted by molar-refractivity contribution is 0.145. The van der Waals surface area contributed by atoms with Crippen LogP contribution in [0.5, 0.6) is 0 Å². The second-order valence-corrected chi connectivity index (χ2v) is 6.23. The van der Waals surface area contributed by atoms with E-state index in [9.17, 15) is 5.11 Å². The Morgan fingerprint density at radius 2 is 2.10 bits per heavy atom. The zero-order valence-electron chi connectivity index (χ0n) is 11.3. The number of nitrogens with zero attached hydrogens (tertiary/aromatic N) is 4. The van der Waals surface area contributed by atoms with Crippen molar-refractivity contribution in [2.24, 2.45) is 7.05 Å². The molecule has 6 heteroatoms. The Balaban J connectivity index is 1.86. The molecule has 4 rings (SSSR count). The first-order valence-corrected chi connectivity index (χ1v) is 7.73. The number of thiophene rings is 1. The van der Waals surface area contributed by atoms with Gasteiger partial charge in [0.2, 0.25) is 5.95 Å². The first kappa shape index (κ1) is 12.1. The van der Waals surface area contributed by atoms with Gasteiger partial charge in [-0.25, -0.2) is 4.98 Å². The monoisotopic (exact) mass is 288 g/mol. The number of fused-ring (bicyclic) bond motifs is 3. The number of rotatable bonds is 1. The molecule has 1 N–H and O–H groups in total. The summed E-state index contributed by atoms with van der Waals surface area (Å²) in [5, 5.41) is 11.7. The third-order valence-corrected chi connectivity index (χ3v) is 4.94. The number of imidazole rings is 1. The highest BCUT2D eigenvalue weighted by atomic mass is 32.1. The van der Waals surface area contributed by atoms with E-state index >= 15 is 0 Å². The van der Waals surface area contributed by atoms with Crippen LogP contribution in [0.15, 0.2) is 17.6 Å². The van der Waals surface area contributed by atoms with Crippen molar-refractivity contribution in [3.8, 4) is 0 Å². The van der Waals surface area contributed by atoms with Gasteiger partial charge in [0, 0.05) is 20.1 Å². The van der Waals surface area contributed by atoms with Crippen molar-refractivity contribution >= 4 is 38.5 Å². The van der Waals surface area contributed by atoms with Gasteiger partial charge in [-0.2, -0.15) is 0 Å². The zero-order valence-corrected chi connectivity index (χ0v) is 12.1. The van der Waals surface area contributed by atoms with Crippen LogP contribution in [0.4, 0.5) is 5.95 Å². The number of hydrogen-bond donors (Lipinski definition) is 1. The fourth-order valence-electron chi connectivity index (χ4n) is 2.93.